The Kier molecular flexibility index (Phi) is 6.30. The maximum absolute atomic E-state index is 13.7. The zero-order valence-electron chi connectivity index (χ0n) is 11.6. The van der Waals surface area contributed by atoms with E-state index in [-0.39, 0.29) is 11.9 Å². The molecular formula is C15H23BrFN. The molecule has 1 aromatic carbocycles. The van der Waals surface area contributed by atoms with Crippen molar-refractivity contribution in [3.8, 4) is 0 Å². The van der Waals surface area contributed by atoms with Crippen molar-refractivity contribution in [3.05, 3.63) is 34.1 Å². The summed E-state index contributed by atoms with van der Waals surface area (Å²) in [6, 6.07) is 5.52. The average molecular weight is 316 g/mol. The largest absolute Gasteiger partial charge is 0.308 e. The molecule has 0 aromatic heterocycles. The molecule has 0 radical (unpaired) electrons. The van der Waals surface area contributed by atoms with E-state index in [1.54, 1.807) is 6.07 Å². The third kappa shape index (κ3) is 4.69. The third-order valence-corrected chi connectivity index (χ3v) is 3.91. The molecule has 1 rings (SSSR count). The SMILES string of the molecule is CCC(C)CC(C)NC(C)c1cc(Br)ccc1F. The summed E-state index contributed by atoms with van der Waals surface area (Å²) >= 11 is 3.39. The van der Waals surface area contributed by atoms with Gasteiger partial charge in [0.05, 0.1) is 0 Å². The van der Waals surface area contributed by atoms with Crippen molar-refractivity contribution in [2.24, 2.45) is 5.92 Å². The van der Waals surface area contributed by atoms with Crippen molar-refractivity contribution in [1.29, 1.82) is 0 Å². The van der Waals surface area contributed by atoms with Crippen LogP contribution in [0.4, 0.5) is 4.39 Å². The fourth-order valence-electron chi connectivity index (χ4n) is 2.20. The summed E-state index contributed by atoms with van der Waals surface area (Å²) in [5, 5.41) is 3.47. The van der Waals surface area contributed by atoms with Gasteiger partial charge in [-0.1, -0.05) is 36.2 Å². The quantitative estimate of drug-likeness (QED) is 0.773. The number of rotatable bonds is 6. The molecule has 1 N–H and O–H groups in total. The lowest BCUT2D eigenvalue weighted by molar-refractivity contribution is 0.381. The molecule has 0 saturated heterocycles. The minimum atomic E-state index is -0.145. The van der Waals surface area contributed by atoms with Crippen molar-refractivity contribution < 1.29 is 4.39 Å². The summed E-state index contributed by atoms with van der Waals surface area (Å²) in [6.45, 7) is 8.63. The van der Waals surface area contributed by atoms with Gasteiger partial charge in [-0.25, -0.2) is 4.39 Å². The van der Waals surface area contributed by atoms with Gasteiger partial charge in [-0.05, 0) is 44.4 Å². The Balaban J connectivity index is 2.64. The van der Waals surface area contributed by atoms with Crippen LogP contribution in [0.1, 0.15) is 52.1 Å². The predicted octanol–water partition coefficient (Wildman–Crippen LogP) is 5.06. The van der Waals surface area contributed by atoms with E-state index < -0.39 is 0 Å². The molecule has 0 amide bonds. The zero-order valence-corrected chi connectivity index (χ0v) is 13.2. The normalized spacial score (nSPS) is 16.3. The van der Waals surface area contributed by atoms with E-state index >= 15 is 0 Å². The van der Waals surface area contributed by atoms with E-state index in [9.17, 15) is 4.39 Å². The molecule has 0 heterocycles. The van der Waals surface area contributed by atoms with Gasteiger partial charge in [0.15, 0.2) is 0 Å². The lowest BCUT2D eigenvalue weighted by Crippen LogP contribution is -2.30. The second-order valence-electron chi connectivity index (χ2n) is 5.20. The molecule has 3 heteroatoms. The number of hydrogen-bond acceptors (Lipinski definition) is 1. The van der Waals surface area contributed by atoms with Gasteiger partial charge in [-0.15, -0.1) is 0 Å². The Bertz CT molecular complexity index is 381. The van der Waals surface area contributed by atoms with Gasteiger partial charge in [0, 0.05) is 22.1 Å². The molecule has 3 unspecified atom stereocenters. The lowest BCUT2D eigenvalue weighted by Gasteiger charge is -2.23. The lowest BCUT2D eigenvalue weighted by atomic mass is 9.99. The summed E-state index contributed by atoms with van der Waals surface area (Å²) in [5.74, 6) is 0.556. The standard InChI is InChI=1S/C15H23BrFN/c1-5-10(2)8-11(3)18-12(4)14-9-13(16)6-7-15(14)17/h6-7,9-12,18H,5,8H2,1-4H3. The molecule has 102 valence electrons. The van der Waals surface area contributed by atoms with E-state index in [4.69, 9.17) is 0 Å². The third-order valence-electron chi connectivity index (χ3n) is 3.41. The van der Waals surface area contributed by atoms with Crippen LogP contribution in [0.3, 0.4) is 0 Å². The predicted molar refractivity (Wildman–Crippen MR) is 79.2 cm³/mol. The summed E-state index contributed by atoms with van der Waals surface area (Å²) in [5.41, 5.74) is 0.723. The van der Waals surface area contributed by atoms with E-state index in [0.717, 1.165) is 16.5 Å². The smallest absolute Gasteiger partial charge is 0.128 e. The summed E-state index contributed by atoms with van der Waals surface area (Å²) in [4.78, 5) is 0. The van der Waals surface area contributed by atoms with Crippen LogP contribution in [0.25, 0.3) is 0 Å². The highest BCUT2D eigenvalue weighted by Gasteiger charge is 2.15. The summed E-state index contributed by atoms with van der Waals surface area (Å²) in [6.07, 6.45) is 2.31. The highest BCUT2D eigenvalue weighted by molar-refractivity contribution is 9.10. The maximum atomic E-state index is 13.7. The highest BCUT2D eigenvalue weighted by Crippen LogP contribution is 2.22. The van der Waals surface area contributed by atoms with Crippen LogP contribution < -0.4 is 5.32 Å². The monoisotopic (exact) mass is 315 g/mol. The molecule has 0 saturated carbocycles. The van der Waals surface area contributed by atoms with Crippen LogP contribution in [-0.4, -0.2) is 6.04 Å². The van der Waals surface area contributed by atoms with Crippen molar-refractivity contribution >= 4 is 15.9 Å². The Labute approximate surface area is 118 Å². The van der Waals surface area contributed by atoms with E-state index in [2.05, 4.69) is 42.0 Å². The van der Waals surface area contributed by atoms with Crippen molar-refractivity contribution in [2.45, 2.75) is 52.6 Å². The summed E-state index contributed by atoms with van der Waals surface area (Å²) < 4.78 is 14.7. The van der Waals surface area contributed by atoms with Crippen molar-refractivity contribution in [1.82, 2.24) is 5.32 Å². The van der Waals surface area contributed by atoms with Crippen LogP contribution in [0.15, 0.2) is 22.7 Å². The second kappa shape index (κ2) is 7.25. The Morgan fingerprint density at radius 2 is 1.94 bits per heavy atom. The van der Waals surface area contributed by atoms with Crippen LogP contribution in [0, 0.1) is 11.7 Å². The second-order valence-corrected chi connectivity index (χ2v) is 6.12. The van der Waals surface area contributed by atoms with E-state index in [1.807, 2.05) is 13.0 Å². The number of benzene rings is 1. The maximum Gasteiger partial charge on any atom is 0.128 e. The van der Waals surface area contributed by atoms with Crippen LogP contribution >= 0.6 is 15.9 Å². The van der Waals surface area contributed by atoms with Gasteiger partial charge in [-0.2, -0.15) is 0 Å². The average Bonchev–Trinajstić information content (AvgIpc) is 2.31. The first-order valence-corrected chi connectivity index (χ1v) is 7.44. The topological polar surface area (TPSA) is 12.0 Å². The number of hydrogen-bond donors (Lipinski definition) is 1. The molecule has 0 aliphatic heterocycles. The molecule has 3 atom stereocenters. The van der Waals surface area contributed by atoms with Gasteiger partial charge >= 0.3 is 0 Å². The molecule has 0 bridgehead atoms. The highest BCUT2D eigenvalue weighted by atomic mass is 79.9. The van der Waals surface area contributed by atoms with Crippen LogP contribution in [-0.2, 0) is 0 Å². The van der Waals surface area contributed by atoms with Crippen molar-refractivity contribution in [3.63, 3.8) is 0 Å². The zero-order chi connectivity index (χ0) is 13.7. The minimum Gasteiger partial charge on any atom is -0.308 e. The first kappa shape index (κ1) is 15.6. The first-order valence-electron chi connectivity index (χ1n) is 6.65. The molecule has 1 nitrogen and oxygen atoms in total. The molecule has 0 fully saturated rings. The summed E-state index contributed by atoms with van der Waals surface area (Å²) in [7, 11) is 0. The Morgan fingerprint density at radius 1 is 1.28 bits per heavy atom. The van der Waals surface area contributed by atoms with Crippen LogP contribution in [0.2, 0.25) is 0 Å². The molecule has 0 aliphatic rings. The Hall–Kier alpha value is -0.410. The molecule has 0 spiro atoms. The molecule has 1 aromatic rings. The number of nitrogens with one attached hydrogen (secondary N) is 1. The van der Waals surface area contributed by atoms with E-state index in [1.165, 1.54) is 12.5 Å². The van der Waals surface area contributed by atoms with Gasteiger partial charge in [0.1, 0.15) is 5.82 Å². The fourth-order valence-corrected chi connectivity index (χ4v) is 2.58. The van der Waals surface area contributed by atoms with Gasteiger partial charge in [0.2, 0.25) is 0 Å². The van der Waals surface area contributed by atoms with Gasteiger partial charge < -0.3 is 5.32 Å². The fraction of sp³-hybridized carbons (Fsp3) is 0.600. The minimum absolute atomic E-state index is 0.0292. The molecular weight excluding hydrogens is 293 g/mol. The van der Waals surface area contributed by atoms with Gasteiger partial charge in [0.25, 0.3) is 0 Å². The van der Waals surface area contributed by atoms with Crippen molar-refractivity contribution in [2.75, 3.05) is 0 Å². The first-order chi connectivity index (χ1) is 8.43. The molecule has 18 heavy (non-hydrogen) atoms. The van der Waals surface area contributed by atoms with E-state index in [0.29, 0.717) is 12.0 Å². The number of halogens is 2. The van der Waals surface area contributed by atoms with Gasteiger partial charge in [-0.3, -0.25) is 0 Å². The van der Waals surface area contributed by atoms with Crippen LogP contribution in [0.5, 0.6) is 0 Å². The molecule has 0 aliphatic carbocycles. The Morgan fingerprint density at radius 3 is 2.56 bits per heavy atom.